The lowest BCUT2D eigenvalue weighted by Gasteiger charge is -2.43. The Labute approximate surface area is 108 Å². The fraction of sp³-hybridized carbons (Fsp3) is 0.438. The highest BCUT2D eigenvalue weighted by atomic mass is 16.2. The van der Waals surface area contributed by atoms with E-state index in [1.807, 2.05) is 4.90 Å². The molecule has 2 heteroatoms. The van der Waals surface area contributed by atoms with Gasteiger partial charge >= 0.3 is 0 Å². The fourth-order valence-corrected chi connectivity index (χ4v) is 3.55. The van der Waals surface area contributed by atoms with Crippen molar-refractivity contribution in [2.75, 3.05) is 13.1 Å². The van der Waals surface area contributed by atoms with Gasteiger partial charge in [-0.3, -0.25) is 4.79 Å². The number of carbonyl (C=O) groups excluding carboxylic acids is 1. The first-order valence-corrected chi connectivity index (χ1v) is 6.71. The minimum Gasteiger partial charge on any atom is -0.338 e. The Balaban J connectivity index is 1.89. The summed E-state index contributed by atoms with van der Waals surface area (Å²) in [7, 11) is 0. The van der Waals surface area contributed by atoms with Crippen LogP contribution >= 0.6 is 0 Å². The summed E-state index contributed by atoms with van der Waals surface area (Å²) in [5.74, 6) is 0.594. The molecule has 0 bridgehead atoms. The van der Waals surface area contributed by atoms with Crippen LogP contribution in [0.1, 0.15) is 30.7 Å². The zero-order valence-corrected chi connectivity index (χ0v) is 10.6. The third kappa shape index (κ3) is 1.67. The Morgan fingerprint density at radius 3 is 2.61 bits per heavy atom. The molecule has 2 nitrogen and oxygen atoms in total. The molecule has 2 aliphatic rings. The van der Waals surface area contributed by atoms with E-state index in [-0.39, 0.29) is 5.91 Å². The third-order valence-electron chi connectivity index (χ3n) is 4.69. The molecule has 1 aliphatic carbocycles. The lowest BCUT2D eigenvalue weighted by Crippen LogP contribution is -2.37. The van der Waals surface area contributed by atoms with E-state index in [4.69, 9.17) is 0 Å². The van der Waals surface area contributed by atoms with Gasteiger partial charge < -0.3 is 4.90 Å². The molecule has 94 valence electrons. The van der Waals surface area contributed by atoms with E-state index in [1.54, 1.807) is 0 Å². The third-order valence-corrected chi connectivity index (χ3v) is 4.69. The average molecular weight is 241 g/mol. The average Bonchev–Trinajstić information content (AvgIpc) is 2.79. The van der Waals surface area contributed by atoms with Crippen LogP contribution < -0.4 is 0 Å². The predicted octanol–water partition coefficient (Wildman–Crippen LogP) is 2.97. The monoisotopic (exact) mass is 241 g/mol. The molecule has 1 aromatic carbocycles. The Hall–Kier alpha value is -1.57. The van der Waals surface area contributed by atoms with E-state index in [1.165, 1.54) is 30.9 Å². The molecule has 0 aromatic heterocycles. The molecule has 1 spiro atoms. The van der Waals surface area contributed by atoms with E-state index in [0.717, 1.165) is 13.1 Å². The molecule has 0 N–H and O–H groups in total. The van der Waals surface area contributed by atoms with Crippen LogP contribution in [0.25, 0.3) is 0 Å². The summed E-state index contributed by atoms with van der Waals surface area (Å²) in [6.45, 7) is 5.37. The molecule has 3 rings (SSSR count). The molecule has 2 fully saturated rings. The molecular weight excluding hydrogens is 222 g/mol. The molecule has 1 saturated carbocycles. The maximum atomic E-state index is 11.8. The topological polar surface area (TPSA) is 20.3 Å². The maximum absolute atomic E-state index is 11.8. The molecular formula is C16H19NO. The Morgan fingerprint density at radius 2 is 2.06 bits per heavy atom. The normalized spacial score (nSPS) is 24.9. The van der Waals surface area contributed by atoms with Gasteiger partial charge in [-0.15, -0.1) is 0 Å². The number of hydrogen-bond acceptors (Lipinski definition) is 1. The highest BCUT2D eigenvalue weighted by Crippen LogP contribution is 2.55. The van der Waals surface area contributed by atoms with Crippen molar-refractivity contribution in [3.05, 3.63) is 48.6 Å². The van der Waals surface area contributed by atoms with Crippen LogP contribution in [-0.4, -0.2) is 23.9 Å². The van der Waals surface area contributed by atoms with Gasteiger partial charge in [-0.2, -0.15) is 0 Å². The minimum absolute atomic E-state index is 0.0831. The van der Waals surface area contributed by atoms with Gasteiger partial charge in [0.25, 0.3) is 0 Å². The van der Waals surface area contributed by atoms with Crippen molar-refractivity contribution in [2.45, 2.75) is 25.2 Å². The van der Waals surface area contributed by atoms with Crippen molar-refractivity contribution in [1.82, 2.24) is 4.90 Å². The van der Waals surface area contributed by atoms with Crippen molar-refractivity contribution in [3.63, 3.8) is 0 Å². The second kappa shape index (κ2) is 4.27. The first-order valence-electron chi connectivity index (χ1n) is 6.71. The van der Waals surface area contributed by atoms with Crippen LogP contribution in [0.15, 0.2) is 43.0 Å². The smallest absolute Gasteiger partial charge is 0.245 e. The number of amides is 1. The van der Waals surface area contributed by atoms with E-state index in [0.29, 0.717) is 11.3 Å². The van der Waals surface area contributed by atoms with E-state index >= 15 is 0 Å². The molecule has 0 radical (unpaired) electrons. The Kier molecular flexibility index (Phi) is 2.73. The summed E-state index contributed by atoms with van der Waals surface area (Å²) < 4.78 is 0. The lowest BCUT2D eigenvalue weighted by molar-refractivity contribution is -0.125. The molecule has 1 atom stereocenters. The van der Waals surface area contributed by atoms with Crippen molar-refractivity contribution < 1.29 is 4.79 Å². The molecule has 18 heavy (non-hydrogen) atoms. The second-order valence-electron chi connectivity index (χ2n) is 5.60. The van der Waals surface area contributed by atoms with Gasteiger partial charge in [-0.25, -0.2) is 0 Å². The van der Waals surface area contributed by atoms with Crippen LogP contribution in [0.3, 0.4) is 0 Å². The van der Waals surface area contributed by atoms with Gasteiger partial charge in [0.05, 0.1) is 0 Å². The number of likely N-dealkylation sites (tertiary alicyclic amines) is 1. The van der Waals surface area contributed by atoms with Crippen molar-refractivity contribution in [3.8, 4) is 0 Å². The van der Waals surface area contributed by atoms with Crippen molar-refractivity contribution in [2.24, 2.45) is 5.41 Å². The summed E-state index contributed by atoms with van der Waals surface area (Å²) in [5.41, 5.74) is 1.73. The highest BCUT2D eigenvalue weighted by molar-refractivity contribution is 5.87. The van der Waals surface area contributed by atoms with Gasteiger partial charge in [0.15, 0.2) is 0 Å². The quantitative estimate of drug-likeness (QED) is 0.729. The summed E-state index contributed by atoms with van der Waals surface area (Å²) >= 11 is 0. The van der Waals surface area contributed by atoms with Crippen LogP contribution in [-0.2, 0) is 4.79 Å². The van der Waals surface area contributed by atoms with E-state index < -0.39 is 0 Å². The standard InChI is InChI=1S/C16H19NO/c1-2-15(18)17-11-14(13-7-4-3-5-8-13)16(12-17)9-6-10-16/h2-5,7-8,14H,1,6,9-12H2. The summed E-state index contributed by atoms with van der Waals surface area (Å²) in [6.07, 6.45) is 5.26. The zero-order chi connectivity index (χ0) is 12.6. The first-order chi connectivity index (χ1) is 8.75. The van der Waals surface area contributed by atoms with Crippen LogP contribution in [0, 0.1) is 5.41 Å². The van der Waals surface area contributed by atoms with Crippen LogP contribution in [0.4, 0.5) is 0 Å². The molecule has 1 aromatic rings. The van der Waals surface area contributed by atoms with Gasteiger partial charge in [0, 0.05) is 19.0 Å². The molecule has 1 saturated heterocycles. The molecule has 1 aliphatic heterocycles. The number of carbonyl (C=O) groups is 1. The summed E-state index contributed by atoms with van der Waals surface area (Å²) in [4.78, 5) is 13.8. The van der Waals surface area contributed by atoms with E-state index in [2.05, 4.69) is 36.9 Å². The first kappa shape index (κ1) is 11.5. The number of hydrogen-bond donors (Lipinski definition) is 0. The van der Waals surface area contributed by atoms with Crippen LogP contribution in [0.5, 0.6) is 0 Å². The van der Waals surface area contributed by atoms with Gasteiger partial charge in [0.1, 0.15) is 0 Å². The van der Waals surface area contributed by atoms with Crippen molar-refractivity contribution >= 4 is 5.91 Å². The molecule has 1 amide bonds. The summed E-state index contributed by atoms with van der Waals surface area (Å²) in [5, 5.41) is 0. The fourth-order valence-electron chi connectivity index (χ4n) is 3.55. The second-order valence-corrected chi connectivity index (χ2v) is 5.60. The van der Waals surface area contributed by atoms with Gasteiger partial charge in [-0.1, -0.05) is 43.3 Å². The Morgan fingerprint density at radius 1 is 1.33 bits per heavy atom. The number of rotatable bonds is 2. The number of benzene rings is 1. The van der Waals surface area contributed by atoms with Crippen LogP contribution in [0.2, 0.25) is 0 Å². The van der Waals surface area contributed by atoms with E-state index in [9.17, 15) is 4.79 Å². The zero-order valence-electron chi connectivity index (χ0n) is 10.6. The minimum atomic E-state index is 0.0831. The summed E-state index contributed by atoms with van der Waals surface area (Å²) in [6, 6.07) is 10.6. The predicted molar refractivity (Wildman–Crippen MR) is 72.2 cm³/mol. The SMILES string of the molecule is C=CC(=O)N1CC(c2ccccc2)C2(CCC2)C1. The largest absolute Gasteiger partial charge is 0.338 e. The van der Waals surface area contributed by atoms with Gasteiger partial charge in [-0.05, 0) is 29.9 Å². The highest BCUT2D eigenvalue weighted by Gasteiger charge is 2.51. The molecule has 1 heterocycles. The van der Waals surface area contributed by atoms with Crippen molar-refractivity contribution in [1.29, 1.82) is 0 Å². The number of nitrogens with zero attached hydrogens (tertiary/aromatic N) is 1. The lowest BCUT2D eigenvalue weighted by atomic mass is 9.61. The molecule has 1 unspecified atom stereocenters. The van der Waals surface area contributed by atoms with Gasteiger partial charge in [0.2, 0.25) is 5.91 Å². The maximum Gasteiger partial charge on any atom is 0.245 e. The Bertz CT molecular complexity index is 461.